The van der Waals surface area contributed by atoms with E-state index in [4.69, 9.17) is 4.74 Å². The normalized spacial score (nSPS) is 9.17. The van der Waals surface area contributed by atoms with Crippen LogP contribution in [0.3, 0.4) is 0 Å². The number of nitrogens with one attached hydrogen (secondary N) is 1. The van der Waals surface area contributed by atoms with Crippen LogP contribution in [0.15, 0.2) is 18.7 Å². The summed E-state index contributed by atoms with van der Waals surface area (Å²) in [7, 11) is 3.44. The van der Waals surface area contributed by atoms with Gasteiger partial charge in [0.1, 0.15) is 0 Å². The zero-order valence-corrected chi connectivity index (χ0v) is 7.29. The molecule has 0 fully saturated rings. The number of anilines is 1. The molecule has 12 heavy (non-hydrogen) atoms. The van der Waals surface area contributed by atoms with Gasteiger partial charge in [0, 0.05) is 13.1 Å². The molecule has 0 amide bonds. The van der Waals surface area contributed by atoms with Gasteiger partial charge in [-0.2, -0.15) is 0 Å². The van der Waals surface area contributed by atoms with Gasteiger partial charge in [-0.05, 0) is 12.1 Å². The Balaban J connectivity index is 3.10. The van der Waals surface area contributed by atoms with Crippen LogP contribution >= 0.6 is 0 Å². The fourth-order valence-electron chi connectivity index (χ4n) is 0.937. The number of hydrogen-bond acceptors (Lipinski definition) is 3. The summed E-state index contributed by atoms with van der Waals surface area (Å²) in [5.41, 5.74) is 1.75. The van der Waals surface area contributed by atoms with E-state index in [-0.39, 0.29) is 0 Å². The first-order valence-electron chi connectivity index (χ1n) is 3.67. The van der Waals surface area contributed by atoms with Crippen LogP contribution in [0.2, 0.25) is 0 Å². The van der Waals surface area contributed by atoms with E-state index in [9.17, 15) is 0 Å². The van der Waals surface area contributed by atoms with E-state index < -0.39 is 0 Å². The molecule has 0 saturated carbocycles. The van der Waals surface area contributed by atoms with E-state index in [1.54, 1.807) is 19.3 Å². The number of rotatable bonds is 3. The van der Waals surface area contributed by atoms with Crippen molar-refractivity contribution in [1.29, 1.82) is 0 Å². The van der Waals surface area contributed by atoms with Gasteiger partial charge < -0.3 is 10.1 Å². The van der Waals surface area contributed by atoms with Crippen LogP contribution in [-0.4, -0.2) is 19.1 Å². The molecular weight excluding hydrogens is 152 g/mol. The van der Waals surface area contributed by atoms with E-state index in [1.807, 2.05) is 13.1 Å². The Morgan fingerprint density at radius 3 is 2.83 bits per heavy atom. The molecule has 3 nitrogen and oxygen atoms in total. The largest absolute Gasteiger partial charge is 0.481 e. The lowest BCUT2D eigenvalue weighted by atomic mass is 10.3. The van der Waals surface area contributed by atoms with Gasteiger partial charge in [0.15, 0.2) is 0 Å². The summed E-state index contributed by atoms with van der Waals surface area (Å²) in [5.74, 6) is 0.601. The molecule has 0 spiro atoms. The predicted octanol–water partition coefficient (Wildman–Crippen LogP) is 1.77. The first-order valence-corrected chi connectivity index (χ1v) is 3.67. The molecule has 0 bridgehead atoms. The van der Waals surface area contributed by atoms with E-state index in [2.05, 4.69) is 16.9 Å². The molecule has 0 aliphatic carbocycles. The minimum atomic E-state index is 0.601. The summed E-state index contributed by atoms with van der Waals surface area (Å²) in [4.78, 5) is 4.18. The maximum absolute atomic E-state index is 4.97. The molecule has 0 aromatic carbocycles. The van der Waals surface area contributed by atoms with Crippen molar-refractivity contribution < 1.29 is 4.74 Å². The second kappa shape index (κ2) is 3.76. The second-order valence-corrected chi connectivity index (χ2v) is 2.24. The molecule has 1 heterocycles. The average Bonchev–Trinajstić information content (AvgIpc) is 2.16. The standard InChI is InChI=1S/C9H12N2O/c1-4-7-8(10-2)5-6-9(11-7)12-3/h4-6,10H,1H2,2-3H3. The third kappa shape index (κ3) is 1.56. The first-order chi connectivity index (χ1) is 5.81. The Bertz CT molecular complexity index is 284. The molecule has 0 aliphatic heterocycles. The van der Waals surface area contributed by atoms with Crippen LogP contribution < -0.4 is 10.1 Å². The van der Waals surface area contributed by atoms with E-state index >= 15 is 0 Å². The minimum absolute atomic E-state index is 0.601. The molecule has 3 heteroatoms. The minimum Gasteiger partial charge on any atom is -0.481 e. The Morgan fingerprint density at radius 1 is 1.58 bits per heavy atom. The molecule has 1 aromatic heterocycles. The van der Waals surface area contributed by atoms with Crippen molar-refractivity contribution in [1.82, 2.24) is 4.98 Å². The molecule has 0 atom stereocenters. The Labute approximate surface area is 72.1 Å². The highest BCUT2D eigenvalue weighted by molar-refractivity contribution is 5.62. The summed E-state index contributed by atoms with van der Waals surface area (Å²) in [6, 6.07) is 3.71. The van der Waals surface area contributed by atoms with Crippen LogP contribution in [0.1, 0.15) is 5.69 Å². The van der Waals surface area contributed by atoms with Gasteiger partial charge in [-0.1, -0.05) is 6.58 Å². The van der Waals surface area contributed by atoms with Gasteiger partial charge in [-0.15, -0.1) is 0 Å². The number of pyridine rings is 1. The zero-order chi connectivity index (χ0) is 8.97. The number of hydrogen-bond donors (Lipinski definition) is 1. The van der Waals surface area contributed by atoms with Gasteiger partial charge in [-0.3, -0.25) is 0 Å². The van der Waals surface area contributed by atoms with Crippen molar-refractivity contribution >= 4 is 11.8 Å². The molecule has 1 rings (SSSR count). The highest BCUT2D eigenvalue weighted by atomic mass is 16.5. The van der Waals surface area contributed by atoms with Gasteiger partial charge in [0.05, 0.1) is 18.5 Å². The fourth-order valence-corrected chi connectivity index (χ4v) is 0.937. The Kier molecular flexibility index (Phi) is 2.69. The number of methoxy groups -OCH3 is 1. The van der Waals surface area contributed by atoms with E-state index in [1.165, 1.54) is 0 Å². The van der Waals surface area contributed by atoms with Gasteiger partial charge in [0.25, 0.3) is 0 Å². The smallest absolute Gasteiger partial charge is 0.213 e. The summed E-state index contributed by atoms with van der Waals surface area (Å²) >= 11 is 0. The van der Waals surface area contributed by atoms with E-state index in [0.717, 1.165) is 11.4 Å². The molecule has 0 unspecified atom stereocenters. The second-order valence-electron chi connectivity index (χ2n) is 2.24. The molecule has 1 N–H and O–H groups in total. The van der Waals surface area contributed by atoms with Crippen molar-refractivity contribution in [2.75, 3.05) is 19.5 Å². The van der Waals surface area contributed by atoms with Gasteiger partial charge >= 0.3 is 0 Å². The quantitative estimate of drug-likeness (QED) is 0.739. The van der Waals surface area contributed by atoms with E-state index in [0.29, 0.717) is 5.88 Å². The first kappa shape index (κ1) is 8.59. The summed E-state index contributed by atoms with van der Waals surface area (Å²) < 4.78 is 4.97. The SMILES string of the molecule is C=Cc1nc(OC)ccc1NC. The topological polar surface area (TPSA) is 34.1 Å². The highest BCUT2D eigenvalue weighted by Crippen LogP contribution is 2.17. The lowest BCUT2D eigenvalue weighted by Gasteiger charge is -2.05. The monoisotopic (exact) mass is 164 g/mol. The predicted molar refractivity (Wildman–Crippen MR) is 50.4 cm³/mol. The van der Waals surface area contributed by atoms with Crippen molar-refractivity contribution in [3.05, 3.63) is 24.4 Å². The van der Waals surface area contributed by atoms with Gasteiger partial charge in [-0.25, -0.2) is 4.98 Å². The maximum Gasteiger partial charge on any atom is 0.213 e. The number of ether oxygens (including phenoxy) is 1. The van der Waals surface area contributed by atoms with Crippen LogP contribution in [0, 0.1) is 0 Å². The highest BCUT2D eigenvalue weighted by Gasteiger charge is 1.99. The van der Waals surface area contributed by atoms with Crippen molar-refractivity contribution in [2.24, 2.45) is 0 Å². The maximum atomic E-state index is 4.97. The lowest BCUT2D eigenvalue weighted by molar-refractivity contribution is 0.398. The summed E-state index contributed by atoms with van der Waals surface area (Å²) in [6.45, 7) is 3.66. The van der Waals surface area contributed by atoms with Crippen LogP contribution in [-0.2, 0) is 0 Å². The third-order valence-electron chi connectivity index (χ3n) is 1.57. The van der Waals surface area contributed by atoms with Crippen molar-refractivity contribution in [2.45, 2.75) is 0 Å². The molecular formula is C9H12N2O. The van der Waals surface area contributed by atoms with Crippen LogP contribution in [0.4, 0.5) is 5.69 Å². The van der Waals surface area contributed by atoms with Gasteiger partial charge in [0.2, 0.25) is 5.88 Å². The Morgan fingerprint density at radius 2 is 2.33 bits per heavy atom. The average molecular weight is 164 g/mol. The Hall–Kier alpha value is -1.51. The zero-order valence-electron chi connectivity index (χ0n) is 7.29. The molecule has 0 radical (unpaired) electrons. The van der Waals surface area contributed by atoms with Crippen molar-refractivity contribution in [3.63, 3.8) is 0 Å². The van der Waals surface area contributed by atoms with Crippen LogP contribution in [0.5, 0.6) is 5.88 Å². The third-order valence-corrected chi connectivity index (χ3v) is 1.57. The van der Waals surface area contributed by atoms with Crippen LogP contribution in [0.25, 0.3) is 6.08 Å². The summed E-state index contributed by atoms with van der Waals surface area (Å²) in [6.07, 6.45) is 1.69. The molecule has 64 valence electrons. The lowest BCUT2D eigenvalue weighted by Crippen LogP contribution is -1.96. The van der Waals surface area contributed by atoms with Crippen molar-refractivity contribution in [3.8, 4) is 5.88 Å². The summed E-state index contributed by atoms with van der Waals surface area (Å²) in [5, 5.41) is 3.01. The number of nitrogens with zero attached hydrogens (tertiary/aromatic N) is 1. The molecule has 1 aromatic rings. The molecule has 0 aliphatic rings. The fraction of sp³-hybridized carbons (Fsp3) is 0.222. The molecule has 0 saturated heterocycles. The number of aromatic nitrogens is 1.